The quantitative estimate of drug-likeness (QED) is 0.511. The van der Waals surface area contributed by atoms with Gasteiger partial charge in [-0.3, -0.25) is 9.48 Å². The second-order valence-corrected chi connectivity index (χ2v) is 6.24. The lowest BCUT2D eigenvalue weighted by atomic mass is 10.2. The molecule has 0 unspecified atom stereocenters. The molecule has 0 aliphatic carbocycles. The first kappa shape index (κ1) is 16.9. The van der Waals surface area contributed by atoms with Crippen LogP contribution in [0.1, 0.15) is 21.6 Å². The molecule has 0 aliphatic rings. The molecule has 25 heavy (non-hydrogen) atoms. The molecule has 1 heterocycles. The Morgan fingerprint density at radius 3 is 2.88 bits per heavy atom. The molecule has 0 radical (unpaired) electrons. The number of phenolic OH excluding ortho intramolecular Hbond substituents is 1. The van der Waals surface area contributed by atoms with Crippen molar-refractivity contribution in [1.29, 1.82) is 0 Å². The number of carbonyl (C=O) groups excluding carboxylic acids is 1. The number of halogens is 1. The highest BCUT2D eigenvalue weighted by atomic mass is 79.9. The number of nitrogens with zero attached hydrogens (tertiary/aromatic N) is 3. The standard InChI is InChI=1S/C18H15BrN4O2/c19-15-5-1-4-14(9-15)12-23-8-7-17(22-23)18(25)21-20-11-13-3-2-6-16(24)10-13/h1-11,24H,12H2,(H,21,25)/b20-11+. The summed E-state index contributed by atoms with van der Waals surface area (Å²) in [5.74, 6) is -0.258. The minimum absolute atomic E-state index is 0.140. The van der Waals surface area contributed by atoms with Crippen LogP contribution in [0.3, 0.4) is 0 Å². The fourth-order valence-electron chi connectivity index (χ4n) is 2.22. The molecule has 2 aromatic carbocycles. The van der Waals surface area contributed by atoms with Gasteiger partial charge in [-0.05, 0) is 41.5 Å². The zero-order valence-corrected chi connectivity index (χ0v) is 14.7. The number of carbonyl (C=O) groups is 1. The van der Waals surface area contributed by atoms with Gasteiger partial charge in [-0.15, -0.1) is 0 Å². The second-order valence-electron chi connectivity index (χ2n) is 5.32. The number of hydrogen-bond acceptors (Lipinski definition) is 4. The first-order valence-electron chi connectivity index (χ1n) is 7.50. The third-order valence-electron chi connectivity index (χ3n) is 3.36. The van der Waals surface area contributed by atoms with E-state index in [1.54, 1.807) is 41.2 Å². The van der Waals surface area contributed by atoms with Crippen molar-refractivity contribution in [2.24, 2.45) is 5.10 Å². The van der Waals surface area contributed by atoms with Crippen LogP contribution in [0, 0.1) is 0 Å². The fourth-order valence-corrected chi connectivity index (χ4v) is 2.67. The van der Waals surface area contributed by atoms with E-state index >= 15 is 0 Å². The average Bonchev–Trinajstić information content (AvgIpc) is 3.03. The van der Waals surface area contributed by atoms with Crippen molar-refractivity contribution in [1.82, 2.24) is 15.2 Å². The van der Waals surface area contributed by atoms with E-state index < -0.39 is 5.91 Å². The van der Waals surface area contributed by atoms with Gasteiger partial charge >= 0.3 is 0 Å². The molecule has 0 saturated heterocycles. The van der Waals surface area contributed by atoms with Gasteiger partial charge in [0.2, 0.25) is 0 Å². The van der Waals surface area contributed by atoms with Crippen LogP contribution in [0.2, 0.25) is 0 Å². The lowest BCUT2D eigenvalue weighted by molar-refractivity contribution is 0.0949. The smallest absolute Gasteiger partial charge is 0.291 e. The second kappa shape index (κ2) is 7.76. The Hall–Kier alpha value is -2.93. The maximum Gasteiger partial charge on any atom is 0.291 e. The van der Waals surface area contributed by atoms with E-state index in [1.807, 2.05) is 24.3 Å². The highest BCUT2D eigenvalue weighted by molar-refractivity contribution is 9.10. The van der Waals surface area contributed by atoms with Gasteiger partial charge in [-0.2, -0.15) is 10.2 Å². The fraction of sp³-hybridized carbons (Fsp3) is 0.0556. The zero-order chi connectivity index (χ0) is 17.6. The molecule has 3 aromatic rings. The largest absolute Gasteiger partial charge is 0.508 e. The lowest BCUT2D eigenvalue weighted by Crippen LogP contribution is -2.18. The molecule has 7 heteroatoms. The van der Waals surface area contributed by atoms with Crippen LogP contribution in [0.5, 0.6) is 5.75 Å². The molecule has 1 aromatic heterocycles. The van der Waals surface area contributed by atoms with Gasteiger partial charge in [0.05, 0.1) is 12.8 Å². The van der Waals surface area contributed by atoms with Crippen LogP contribution in [0.15, 0.2) is 70.4 Å². The summed E-state index contributed by atoms with van der Waals surface area (Å²) >= 11 is 3.43. The molecular formula is C18H15BrN4O2. The lowest BCUT2D eigenvalue weighted by Gasteiger charge is -2.02. The Labute approximate surface area is 152 Å². The maximum absolute atomic E-state index is 12.1. The van der Waals surface area contributed by atoms with Crippen molar-refractivity contribution < 1.29 is 9.90 Å². The van der Waals surface area contributed by atoms with Crippen LogP contribution in [-0.2, 0) is 6.54 Å². The Morgan fingerprint density at radius 1 is 1.24 bits per heavy atom. The molecular weight excluding hydrogens is 384 g/mol. The van der Waals surface area contributed by atoms with Crippen LogP contribution in [0.4, 0.5) is 0 Å². The van der Waals surface area contributed by atoms with Crippen molar-refractivity contribution in [2.75, 3.05) is 0 Å². The maximum atomic E-state index is 12.1. The highest BCUT2D eigenvalue weighted by Gasteiger charge is 2.08. The summed E-state index contributed by atoms with van der Waals surface area (Å²) in [6.45, 7) is 0.569. The normalized spacial score (nSPS) is 10.9. The van der Waals surface area contributed by atoms with Crippen LogP contribution in [0.25, 0.3) is 0 Å². The number of hydrogen-bond donors (Lipinski definition) is 2. The van der Waals surface area contributed by atoms with Gasteiger partial charge < -0.3 is 5.11 Å². The number of rotatable bonds is 5. The molecule has 0 bridgehead atoms. The zero-order valence-electron chi connectivity index (χ0n) is 13.1. The summed E-state index contributed by atoms with van der Waals surface area (Å²) < 4.78 is 2.69. The Kier molecular flexibility index (Phi) is 5.25. The van der Waals surface area contributed by atoms with Crippen molar-refractivity contribution in [2.45, 2.75) is 6.54 Å². The number of phenols is 1. The average molecular weight is 399 g/mol. The Balaban J connectivity index is 1.60. The third kappa shape index (κ3) is 4.77. The van der Waals surface area contributed by atoms with Crippen molar-refractivity contribution in [3.05, 3.63) is 82.1 Å². The molecule has 0 aliphatic heterocycles. The van der Waals surface area contributed by atoms with E-state index in [4.69, 9.17) is 0 Å². The van der Waals surface area contributed by atoms with Crippen molar-refractivity contribution in [3.8, 4) is 5.75 Å². The van der Waals surface area contributed by atoms with Gasteiger partial charge in [-0.1, -0.05) is 40.2 Å². The summed E-state index contributed by atoms with van der Waals surface area (Å²) in [6, 6.07) is 16.1. The molecule has 2 N–H and O–H groups in total. The summed E-state index contributed by atoms with van der Waals surface area (Å²) in [4.78, 5) is 12.1. The van der Waals surface area contributed by atoms with E-state index in [-0.39, 0.29) is 11.4 Å². The topological polar surface area (TPSA) is 79.5 Å². The minimum Gasteiger partial charge on any atom is -0.508 e. The van der Waals surface area contributed by atoms with Gasteiger partial charge in [0, 0.05) is 10.7 Å². The number of aromatic hydroxyl groups is 1. The monoisotopic (exact) mass is 398 g/mol. The van der Waals surface area contributed by atoms with E-state index in [0.717, 1.165) is 10.0 Å². The third-order valence-corrected chi connectivity index (χ3v) is 3.85. The number of nitrogens with one attached hydrogen (secondary N) is 1. The number of aromatic nitrogens is 2. The van der Waals surface area contributed by atoms with E-state index in [2.05, 4.69) is 31.6 Å². The molecule has 0 fully saturated rings. The molecule has 0 atom stereocenters. The molecule has 0 spiro atoms. The first-order valence-corrected chi connectivity index (χ1v) is 8.30. The van der Waals surface area contributed by atoms with E-state index in [0.29, 0.717) is 12.1 Å². The predicted molar refractivity (Wildman–Crippen MR) is 98.6 cm³/mol. The van der Waals surface area contributed by atoms with Crippen LogP contribution in [-0.4, -0.2) is 27.0 Å². The first-order chi connectivity index (χ1) is 12.1. The summed E-state index contributed by atoms with van der Waals surface area (Å²) in [7, 11) is 0. The van der Waals surface area contributed by atoms with Crippen LogP contribution < -0.4 is 5.43 Å². The molecule has 1 amide bonds. The number of benzene rings is 2. The minimum atomic E-state index is -0.399. The van der Waals surface area contributed by atoms with Gasteiger partial charge in [-0.25, -0.2) is 5.43 Å². The molecule has 0 saturated carbocycles. The van der Waals surface area contributed by atoms with Crippen LogP contribution >= 0.6 is 15.9 Å². The SMILES string of the molecule is O=C(N/N=C/c1cccc(O)c1)c1ccn(Cc2cccc(Br)c2)n1. The van der Waals surface area contributed by atoms with Crippen molar-refractivity contribution >= 4 is 28.1 Å². The Bertz CT molecular complexity index is 921. The Morgan fingerprint density at radius 2 is 2.08 bits per heavy atom. The molecule has 6 nitrogen and oxygen atoms in total. The highest BCUT2D eigenvalue weighted by Crippen LogP contribution is 2.12. The summed E-state index contributed by atoms with van der Waals surface area (Å²) in [5, 5.41) is 17.5. The molecule has 126 valence electrons. The summed E-state index contributed by atoms with van der Waals surface area (Å²) in [6.07, 6.45) is 3.20. The van der Waals surface area contributed by atoms with Gasteiger partial charge in [0.1, 0.15) is 5.75 Å². The van der Waals surface area contributed by atoms with E-state index in [9.17, 15) is 9.90 Å². The summed E-state index contributed by atoms with van der Waals surface area (Å²) in [5.41, 5.74) is 4.46. The molecule has 3 rings (SSSR count). The van der Waals surface area contributed by atoms with Gasteiger partial charge in [0.25, 0.3) is 5.91 Å². The van der Waals surface area contributed by atoms with Crippen molar-refractivity contribution in [3.63, 3.8) is 0 Å². The van der Waals surface area contributed by atoms with E-state index in [1.165, 1.54) is 6.21 Å². The van der Waals surface area contributed by atoms with Gasteiger partial charge in [0.15, 0.2) is 5.69 Å². The number of amides is 1. The number of hydrazone groups is 1. The predicted octanol–water partition coefficient (Wildman–Crippen LogP) is 3.16.